The van der Waals surface area contributed by atoms with Crippen LogP contribution in [0.25, 0.3) is 10.9 Å². The highest BCUT2D eigenvalue weighted by molar-refractivity contribution is 7.90. The fraction of sp³-hybridized carbons (Fsp3) is 0. The van der Waals surface area contributed by atoms with E-state index in [0.717, 1.165) is 15.4 Å². The van der Waals surface area contributed by atoms with Gasteiger partial charge in [0, 0.05) is 17.6 Å². The van der Waals surface area contributed by atoms with Crippen molar-refractivity contribution in [3.63, 3.8) is 0 Å². The zero-order chi connectivity index (χ0) is 15.9. The molecule has 0 spiro atoms. The van der Waals surface area contributed by atoms with Crippen LogP contribution in [0.5, 0.6) is 0 Å². The SMILES string of the molecule is O=[N+]([O-])c1cc(S(=O)(=O)n2ccc3ccccc32)ccc1Cl. The van der Waals surface area contributed by atoms with Gasteiger partial charge in [-0.2, -0.15) is 0 Å². The Morgan fingerprint density at radius 1 is 1.09 bits per heavy atom. The average Bonchev–Trinajstić information content (AvgIpc) is 2.91. The minimum Gasteiger partial charge on any atom is -0.258 e. The largest absolute Gasteiger partial charge is 0.289 e. The summed E-state index contributed by atoms with van der Waals surface area (Å²) in [5.41, 5.74) is 0.0549. The van der Waals surface area contributed by atoms with Gasteiger partial charge < -0.3 is 0 Å². The summed E-state index contributed by atoms with van der Waals surface area (Å²) in [6.07, 6.45) is 1.42. The minimum absolute atomic E-state index is 0.110. The molecular formula is C14H9ClN2O4S. The zero-order valence-electron chi connectivity index (χ0n) is 11.0. The van der Waals surface area contributed by atoms with Crippen LogP contribution in [0.4, 0.5) is 5.69 Å². The van der Waals surface area contributed by atoms with Gasteiger partial charge in [0.05, 0.1) is 15.3 Å². The maximum Gasteiger partial charge on any atom is 0.289 e. The maximum atomic E-state index is 12.7. The Morgan fingerprint density at radius 2 is 1.82 bits per heavy atom. The maximum absolute atomic E-state index is 12.7. The molecule has 0 saturated carbocycles. The molecule has 3 rings (SSSR count). The molecule has 8 heteroatoms. The molecule has 3 aromatic rings. The lowest BCUT2D eigenvalue weighted by Gasteiger charge is -2.08. The van der Waals surface area contributed by atoms with Crippen LogP contribution in [0.3, 0.4) is 0 Å². The molecule has 0 bridgehead atoms. The molecule has 0 N–H and O–H groups in total. The minimum atomic E-state index is -3.94. The van der Waals surface area contributed by atoms with Crippen molar-refractivity contribution in [3.05, 3.63) is 69.9 Å². The van der Waals surface area contributed by atoms with E-state index >= 15 is 0 Å². The number of nitrogens with zero attached hydrogens (tertiary/aromatic N) is 2. The van der Waals surface area contributed by atoms with Crippen LogP contribution in [0, 0.1) is 10.1 Å². The van der Waals surface area contributed by atoms with Crippen LogP contribution >= 0.6 is 11.6 Å². The van der Waals surface area contributed by atoms with Crippen molar-refractivity contribution in [1.29, 1.82) is 0 Å². The van der Waals surface area contributed by atoms with Gasteiger partial charge in [0.1, 0.15) is 5.02 Å². The normalized spacial score (nSPS) is 11.7. The van der Waals surface area contributed by atoms with Crippen LogP contribution < -0.4 is 0 Å². The monoisotopic (exact) mass is 336 g/mol. The molecule has 1 heterocycles. The third-order valence-corrected chi connectivity index (χ3v) is 5.24. The molecule has 0 aliphatic carbocycles. The summed E-state index contributed by atoms with van der Waals surface area (Å²) in [4.78, 5) is 10.0. The Bertz CT molecular complexity index is 995. The molecule has 0 atom stereocenters. The molecule has 6 nitrogen and oxygen atoms in total. The second kappa shape index (κ2) is 5.11. The van der Waals surface area contributed by atoms with Crippen molar-refractivity contribution in [2.75, 3.05) is 0 Å². The van der Waals surface area contributed by atoms with Crippen molar-refractivity contribution in [1.82, 2.24) is 3.97 Å². The highest BCUT2D eigenvalue weighted by atomic mass is 35.5. The molecule has 0 radical (unpaired) electrons. The third-order valence-electron chi connectivity index (χ3n) is 3.23. The van der Waals surface area contributed by atoms with E-state index in [2.05, 4.69) is 0 Å². The summed E-state index contributed by atoms with van der Waals surface area (Å²) < 4.78 is 26.5. The topological polar surface area (TPSA) is 82.2 Å². The molecule has 0 aliphatic heterocycles. The number of fused-ring (bicyclic) bond motifs is 1. The Hall–Kier alpha value is -2.38. The Balaban J connectivity index is 2.22. The van der Waals surface area contributed by atoms with Gasteiger partial charge in [-0.05, 0) is 24.3 Å². The van der Waals surface area contributed by atoms with Crippen LogP contribution in [-0.4, -0.2) is 17.3 Å². The molecule has 0 amide bonds. The first-order valence-electron chi connectivity index (χ1n) is 6.17. The highest BCUT2D eigenvalue weighted by Gasteiger charge is 2.23. The van der Waals surface area contributed by atoms with Crippen molar-refractivity contribution >= 4 is 38.2 Å². The number of rotatable bonds is 3. The summed E-state index contributed by atoms with van der Waals surface area (Å²) in [7, 11) is -3.94. The zero-order valence-corrected chi connectivity index (χ0v) is 12.6. The summed E-state index contributed by atoms with van der Waals surface area (Å²) in [6.45, 7) is 0. The van der Waals surface area contributed by atoms with Gasteiger partial charge in [-0.25, -0.2) is 12.4 Å². The van der Waals surface area contributed by atoms with Gasteiger partial charge in [0.25, 0.3) is 15.7 Å². The second-order valence-corrected chi connectivity index (χ2v) is 6.77. The summed E-state index contributed by atoms with van der Waals surface area (Å²) in [5.74, 6) is 0. The van der Waals surface area contributed by atoms with E-state index in [1.807, 2.05) is 0 Å². The Labute approximate surface area is 130 Å². The number of halogens is 1. The molecular weight excluding hydrogens is 328 g/mol. The van der Waals surface area contributed by atoms with Gasteiger partial charge in [-0.3, -0.25) is 10.1 Å². The van der Waals surface area contributed by atoms with Crippen molar-refractivity contribution < 1.29 is 13.3 Å². The Morgan fingerprint density at radius 3 is 2.55 bits per heavy atom. The van der Waals surface area contributed by atoms with Crippen molar-refractivity contribution in [2.45, 2.75) is 4.90 Å². The standard InChI is InChI=1S/C14H9ClN2O4S/c15-12-6-5-11(9-14(12)17(18)19)22(20,21)16-8-7-10-3-1-2-4-13(10)16/h1-9H. The van der Waals surface area contributed by atoms with Crippen LogP contribution in [0.15, 0.2) is 59.6 Å². The number of benzene rings is 2. The van der Waals surface area contributed by atoms with Gasteiger partial charge in [0.2, 0.25) is 0 Å². The fourth-order valence-corrected chi connectivity index (χ4v) is 3.73. The van der Waals surface area contributed by atoms with E-state index in [4.69, 9.17) is 11.6 Å². The van der Waals surface area contributed by atoms with Gasteiger partial charge in [0.15, 0.2) is 0 Å². The Kier molecular flexibility index (Phi) is 3.38. The molecule has 1 aromatic heterocycles. The molecule has 112 valence electrons. The first-order valence-corrected chi connectivity index (χ1v) is 7.98. The second-order valence-electron chi connectivity index (χ2n) is 4.55. The van der Waals surface area contributed by atoms with E-state index in [-0.39, 0.29) is 9.92 Å². The summed E-state index contributed by atoms with van der Waals surface area (Å²) in [6, 6.07) is 12.1. The number of nitro groups is 1. The predicted octanol–water partition coefficient (Wildman–Crippen LogP) is 3.44. The van der Waals surface area contributed by atoms with Crippen LogP contribution in [0.1, 0.15) is 0 Å². The first kappa shape index (κ1) is 14.6. The third kappa shape index (κ3) is 2.24. The van der Waals surface area contributed by atoms with Gasteiger partial charge in [-0.1, -0.05) is 29.8 Å². The van der Waals surface area contributed by atoms with Crippen LogP contribution in [-0.2, 0) is 10.0 Å². The van der Waals surface area contributed by atoms with Crippen LogP contribution in [0.2, 0.25) is 5.02 Å². The lowest BCUT2D eigenvalue weighted by molar-refractivity contribution is -0.384. The van der Waals surface area contributed by atoms with E-state index in [9.17, 15) is 18.5 Å². The van der Waals surface area contributed by atoms with Gasteiger partial charge in [-0.15, -0.1) is 0 Å². The number of nitro benzene ring substituents is 1. The van der Waals surface area contributed by atoms with E-state index in [1.165, 1.54) is 18.3 Å². The number of para-hydroxylation sites is 1. The number of aromatic nitrogens is 1. The average molecular weight is 337 g/mol. The number of hydrogen-bond acceptors (Lipinski definition) is 4. The van der Waals surface area contributed by atoms with E-state index in [0.29, 0.717) is 5.52 Å². The molecule has 0 fully saturated rings. The highest BCUT2D eigenvalue weighted by Crippen LogP contribution is 2.29. The lowest BCUT2D eigenvalue weighted by atomic mass is 10.3. The fourth-order valence-electron chi connectivity index (χ4n) is 2.17. The smallest absolute Gasteiger partial charge is 0.258 e. The molecule has 22 heavy (non-hydrogen) atoms. The van der Waals surface area contributed by atoms with Crippen molar-refractivity contribution in [2.24, 2.45) is 0 Å². The molecule has 0 saturated heterocycles. The quantitative estimate of drug-likeness (QED) is 0.542. The number of hydrogen-bond donors (Lipinski definition) is 0. The summed E-state index contributed by atoms with van der Waals surface area (Å²) in [5, 5.41) is 11.6. The molecule has 0 unspecified atom stereocenters. The molecule has 2 aromatic carbocycles. The lowest BCUT2D eigenvalue weighted by Crippen LogP contribution is -2.12. The van der Waals surface area contributed by atoms with E-state index in [1.54, 1.807) is 30.3 Å². The molecule has 0 aliphatic rings. The predicted molar refractivity (Wildman–Crippen MR) is 82.6 cm³/mol. The van der Waals surface area contributed by atoms with Gasteiger partial charge >= 0.3 is 0 Å². The van der Waals surface area contributed by atoms with E-state index < -0.39 is 20.6 Å². The first-order chi connectivity index (χ1) is 10.4. The summed E-state index contributed by atoms with van der Waals surface area (Å²) >= 11 is 5.72. The van der Waals surface area contributed by atoms with Crippen molar-refractivity contribution in [3.8, 4) is 0 Å².